The number of ether oxygens (including phenoxy) is 1. The van der Waals surface area contributed by atoms with Gasteiger partial charge in [0, 0.05) is 0 Å². The number of aliphatic hydroxyl groups excluding tert-OH is 1. The highest BCUT2D eigenvalue weighted by atomic mass is 16.6. The number of carbonyl (C=O) groups excluding carboxylic acids is 1. The third-order valence-electron chi connectivity index (χ3n) is 2.95. The summed E-state index contributed by atoms with van der Waals surface area (Å²) in [5, 5.41) is 8.89. The van der Waals surface area contributed by atoms with E-state index in [4.69, 9.17) is 9.84 Å². The number of likely N-dealkylation sites (tertiary alicyclic amines) is 1. The molecule has 2 aliphatic heterocycles. The Morgan fingerprint density at radius 2 is 2.43 bits per heavy atom. The summed E-state index contributed by atoms with van der Waals surface area (Å²) in [7, 11) is 2.01. The van der Waals surface area contributed by atoms with Crippen molar-refractivity contribution in [1.82, 2.24) is 9.80 Å². The topological polar surface area (TPSA) is 53.0 Å². The first-order chi connectivity index (χ1) is 6.72. The molecule has 0 aliphatic carbocycles. The Morgan fingerprint density at radius 1 is 1.64 bits per heavy atom. The van der Waals surface area contributed by atoms with Gasteiger partial charge in [-0.05, 0) is 26.4 Å². The Labute approximate surface area is 83.2 Å². The van der Waals surface area contributed by atoms with Gasteiger partial charge in [-0.2, -0.15) is 0 Å². The lowest BCUT2D eigenvalue weighted by Crippen LogP contribution is -2.43. The maximum atomic E-state index is 11.4. The van der Waals surface area contributed by atoms with Crippen molar-refractivity contribution in [2.75, 3.05) is 26.7 Å². The van der Waals surface area contributed by atoms with Crippen LogP contribution in [0.1, 0.15) is 12.8 Å². The highest BCUT2D eigenvalue weighted by Gasteiger charge is 2.38. The molecule has 0 aromatic carbocycles. The molecule has 2 atom stereocenters. The Hall–Kier alpha value is -0.810. The van der Waals surface area contributed by atoms with Gasteiger partial charge in [-0.1, -0.05) is 0 Å². The molecule has 2 saturated heterocycles. The largest absolute Gasteiger partial charge is 0.442 e. The van der Waals surface area contributed by atoms with Crippen molar-refractivity contribution in [1.29, 1.82) is 0 Å². The number of nitrogens with zero attached hydrogens (tertiary/aromatic N) is 2. The zero-order valence-corrected chi connectivity index (χ0v) is 8.35. The van der Waals surface area contributed by atoms with Gasteiger partial charge in [0.05, 0.1) is 19.3 Å². The Kier molecular flexibility index (Phi) is 2.60. The van der Waals surface area contributed by atoms with E-state index in [0.717, 1.165) is 19.4 Å². The van der Waals surface area contributed by atoms with Crippen LogP contribution in [0.25, 0.3) is 0 Å². The molecule has 1 N–H and O–H groups in total. The summed E-state index contributed by atoms with van der Waals surface area (Å²) in [5.74, 6) is 0. The average Bonchev–Trinajstić information content (AvgIpc) is 2.72. The second-order valence-electron chi connectivity index (χ2n) is 3.94. The standard InChI is InChI=1S/C9H16N2O3/c1-10-4-2-3-8(10)11-5-7(6-12)14-9(11)13/h7-8,12H,2-6H2,1H3/t7-,8?/m1/s1. The maximum Gasteiger partial charge on any atom is 0.411 e. The third kappa shape index (κ3) is 1.57. The van der Waals surface area contributed by atoms with Crippen LogP contribution >= 0.6 is 0 Å². The number of rotatable bonds is 2. The minimum absolute atomic E-state index is 0.0846. The Balaban J connectivity index is 2.00. The lowest BCUT2D eigenvalue weighted by atomic mass is 10.3. The summed E-state index contributed by atoms with van der Waals surface area (Å²) in [6.45, 7) is 1.46. The van der Waals surface area contributed by atoms with Crippen molar-refractivity contribution in [3.8, 4) is 0 Å². The molecule has 2 rings (SSSR count). The van der Waals surface area contributed by atoms with Gasteiger partial charge in [0.2, 0.25) is 0 Å². The summed E-state index contributed by atoms with van der Waals surface area (Å²) in [5.41, 5.74) is 0. The summed E-state index contributed by atoms with van der Waals surface area (Å²) < 4.78 is 4.99. The molecule has 0 aromatic heterocycles. The van der Waals surface area contributed by atoms with Crippen LogP contribution in [-0.2, 0) is 4.74 Å². The molecular formula is C9H16N2O3. The first kappa shape index (κ1) is 9.73. The van der Waals surface area contributed by atoms with Gasteiger partial charge >= 0.3 is 6.09 Å². The van der Waals surface area contributed by atoms with Crippen molar-refractivity contribution < 1.29 is 14.6 Å². The first-order valence-electron chi connectivity index (χ1n) is 5.00. The van der Waals surface area contributed by atoms with Crippen molar-refractivity contribution in [2.45, 2.75) is 25.1 Å². The van der Waals surface area contributed by atoms with Crippen LogP contribution in [-0.4, -0.2) is 60.0 Å². The SMILES string of the molecule is CN1CCCC1N1C[C@H](CO)OC1=O. The number of amides is 1. The first-order valence-corrected chi connectivity index (χ1v) is 5.00. The predicted molar refractivity (Wildman–Crippen MR) is 49.7 cm³/mol. The molecule has 0 aromatic rings. The van der Waals surface area contributed by atoms with E-state index in [-0.39, 0.29) is 25.0 Å². The second-order valence-corrected chi connectivity index (χ2v) is 3.94. The quantitative estimate of drug-likeness (QED) is 0.673. The zero-order valence-electron chi connectivity index (χ0n) is 8.35. The predicted octanol–water partition coefficient (Wildman–Crippen LogP) is -0.149. The van der Waals surface area contributed by atoms with Crippen molar-refractivity contribution in [2.24, 2.45) is 0 Å². The minimum Gasteiger partial charge on any atom is -0.442 e. The van der Waals surface area contributed by atoms with Crippen molar-refractivity contribution in [3.63, 3.8) is 0 Å². The Morgan fingerprint density at radius 3 is 2.93 bits per heavy atom. The molecule has 14 heavy (non-hydrogen) atoms. The summed E-state index contributed by atoms with van der Waals surface area (Å²) >= 11 is 0. The van der Waals surface area contributed by atoms with Gasteiger partial charge in [0.15, 0.2) is 0 Å². The maximum absolute atomic E-state index is 11.4. The van der Waals surface area contributed by atoms with E-state index >= 15 is 0 Å². The van der Waals surface area contributed by atoms with Crippen LogP contribution in [0.5, 0.6) is 0 Å². The van der Waals surface area contributed by atoms with E-state index in [1.165, 1.54) is 0 Å². The van der Waals surface area contributed by atoms with Gasteiger partial charge in [-0.15, -0.1) is 0 Å². The molecule has 5 nitrogen and oxygen atoms in total. The molecule has 1 unspecified atom stereocenters. The summed E-state index contributed by atoms with van der Waals surface area (Å²) in [6.07, 6.45) is 1.66. The van der Waals surface area contributed by atoms with E-state index in [1.807, 2.05) is 7.05 Å². The molecule has 1 amide bonds. The summed E-state index contributed by atoms with van der Waals surface area (Å²) in [6, 6.07) is 0. The van der Waals surface area contributed by atoms with Crippen LogP contribution in [0.15, 0.2) is 0 Å². The van der Waals surface area contributed by atoms with Crippen LogP contribution < -0.4 is 0 Å². The van der Waals surface area contributed by atoms with Gasteiger partial charge in [0.1, 0.15) is 6.10 Å². The van der Waals surface area contributed by atoms with Crippen molar-refractivity contribution >= 4 is 6.09 Å². The number of hydrogen-bond acceptors (Lipinski definition) is 4. The molecule has 0 saturated carbocycles. The molecule has 2 aliphatic rings. The molecule has 2 fully saturated rings. The molecule has 5 heteroatoms. The van der Waals surface area contributed by atoms with E-state index in [1.54, 1.807) is 4.90 Å². The third-order valence-corrected chi connectivity index (χ3v) is 2.95. The Bertz CT molecular complexity index is 234. The molecule has 0 spiro atoms. The smallest absolute Gasteiger partial charge is 0.411 e. The van der Waals surface area contributed by atoms with Gasteiger partial charge in [-0.3, -0.25) is 9.80 Å². The average molecular weight is 200 g/mol. The van der Waals surface area contributed by atoms with E-state index in [2.05, 4.69) is 4.90 Å². The van der Waals surface area contributed by atoms with E-state index in [0.29, 0.717) is 6.54 Å². The van der Waals surface area contributed by atoms with E-state index in [9.17, 15) is 4.79 Å². The van der Waals surface area contributed by atoms with Gasteiger partial charge in [-0.25, -0.2) is 4.79 Å². The second kappa shape index (κ2) is 3.74. The molecule has 0 radical (unpaired) electrons. The minimum atomic E-state index is -0.337. The monoisotopic (exact) mass is 200 g/mol. The normalized spacial score (nSPS) is 33.9. The zero-order chi connectivity index (χ0) is 10.1. The number of cyclic esters (lactones) is 1. The van der Waals surface area contributed by atoms with Crippen LogP contribution in [0.4, 0.5) is 4.79 Å². The fourth-order valence-corrected chi connectivity index (χ4v) is 2.17. The highest BCUT2D eigenvalue weighted by molar-refractivity contribution is 5.70. The van der Waals surface area contributed by atoms with Crippen LogP contribution in [0.3, 0.4) is 0 Å². The van der Waals surface area contributed by atoms with E-state index < -0.39 is 0 Å². The molecule has 80 valence electrons. The van der Waals surface area contributed by atoms with Crippen molar-refractivity contribution in [3.05, 3.63) is 0 Å². The van der Waals surface area contributed by atoms with Gasteiger partial charge in [0.25, 0.3) is 0 Å². The molecular weight excluding hydrogens is 184 g/mol. The fourth-order valence-electron chi connectivity index (χ4n) is 2.17. The lowest BCUT2D eigenvalue weighted by Gasteiger charge is -2.27. The lowest BCUT2D eigenvalue weighted by molar-refractivity contribution is 0.0900. The fraction of sp³-hybridized carbons (Fsp3) is 0.889. The summed E-state index contributed by atoms with van der Waals surface area (Å²) in [4.78, 5) is 15.3. The number of hydrogen-bond donors (Lipinski definition) is 1. The number of carbonyl (C=O) groups is 1. The molecule has 2 heterocycles. The van der Waals surface area contributed by atoms with Crippen LogP contribution in [0.2, 0.25) is 0 Å². The number of aliphatic hydroxyl groups is 1. The molecule has 0 bridgehead atoms. The van der Waals surface area contributed by atoms with Crippen LogP contribution in [0, 0.1) is 0 Å². The van der Waals surface area contributed by atoms with Gasteiger partial charge < -0.3 is 9.84 Å². The highest BCUT2D eigenvalue weighted by Crippen LogP contribution is 2.23.